The third-order valence-corrected chi connectivity index (χ3v) is 3.10. The summed E-state index contributed by atoms with van der Waals surface area (Å²) >= 11 is 0. The van der Waals surface area contributed by atoms with Crippen LogP contribution in [0.2, 0.25) is 0 Å². The number of hydrogen-bond acceptors (Lipinski definition) is 5. The molecule has 19 heavy (non-hydrogen) atoms. The Bertz CT molecular complexity index is 394. The van der Waals surface area contributed by atoms with Crippen molar-refractivity contribution < 1.29 is 14.2 Å². The van der Waals surface area contributed by atoms with Crippen molar-refractivity contribution in [2.45, 2.75) is 19.3 Å². The van der Waals surface area contributed by atoms with Crippen molar-refractivity contribution in [3.8, 4) is 17.2 Å². The largest absolute Gasteiger partial charge is 0.496 e. The highest BCUT2D eigenvalue weighted by atomic mass is 16.5. The number of ether oxygens (including phenoxy) is 3. The first kappa shape index (κ1) is 15.6. The van der Waals surface area contributed by atoms with Crippen LogP contribution in [0.4, 0.5) is 0 Å². The lowest BCUT2D eigenvalue weighted by atomic mass is 9.83. The van der Waals surface area contributed by atoms with Gasteiger partial charge in [0.2, 0.25) is 0 Å². The lowest BCUT2D eigenvalue weighted by molar-refractivity contribution is 0.346. The molecule has 0 amide bonds. The summed E-state index contributed by atoms with van der Waals surface area (Å²) in [5, 5.41) is 3.15. The molecule has 1 aromatic carbocycles. The first-order valence-corrected chi connectivity index (χ1v) is 6.21. The van der Waals surface area contributed by atoms with E-state index in [1.807, 2.05) is 12.1 Å². The number of hydrogen-bond donors (Lipinski definition) is 2. The summed E-state index contributed by atoms with van der Waals surface area (Å²) in [5.41, 5.74) is 6.33. The average molecular weight is 268 g/mol. The van der Waals surface area contributed by atoms with Gasteiger partial charge in [0.15, 0.2) is 0 Å². The minimum atomic E-state index is -0.178. The van der Waals surface area contributed by atoms with Gasteiger partial charge in [-0.15, -0.1) is 0 Å². The normalized spacial score (nSPS) is 11.3. The highest BCUT2D eigenvalue weighted by Gasteiger charge is 2.29. The molecule has 5 nitrogen and oxygen atoms in total. The number of rotatable bonds is 7. The standard InChI is InChI=1S/C14H24N2O3/c1-14(2,8-16-9-15)13-11(18-4)6-10(17-3)7-12(13)19-5/h6-7,16H,8-9,15H2,1-5H3. The molecule has 0 unspecified atom stereocenters. The van der Waals surface area contributed by atoms with Crippen molar-refractivity contribution in [2.75, 3.05) is 34.5 Å². The molecule has 0 atom stereocenters. The Balaban J connectivity index is 3.30. The van der Waals surface area contributed by atoms with Gasteiger partial charge in [-0.25, -0.2) is 0 Å². The molecule has 3 N–H and O–H groups in total. The molecular formula is C14H24N2O3. The van der Waals surface area contributed by atoms with E-state index < -0.39 is 0 Å². The SMILES string of the molecule is COc1cc(OC)c(C(C)(C)CNCN)c(OC)c1. The number of methoxy groups -OCH3 is 3. The Kier molecular flexibility index (Phi) is 5.44. The first-order valence-electron chi connectivity index (χ1n) is 6.21. The van der Waals surface area contributed by atoms with Crippen LogP contribution in [0, 0.1) is 0 Å². The average Bonchev–Trinajstić information content (AvgIpc) is 2.43. The van der Waals surface area contributed by atoms with Crippen LogP contribution in [-0.4, -0.2) is 34.5 Å². The maximum Gasteiger partial charge on any atom is 0.130 e. The second-order valence-corrected chi connectivity index (χ2v) is 4.92. The first-order chi connectivity index (χ1) is 9.00. The fourth-order valence-corrected chi connectivity index (χ4v) is 2.15. The molecule has 0 aromatic heterocycles. The van der Waals surface area contributed by atoms with E-state index in [9.17, 15) is 0 Å². The van der Waals surface area contributed by atoms with E-state index in [1.54, 1.807) is 21.3 Å². The van der Waals surface area contributed by atoms with E-state index in [2.05, 4.69) is 19.2 Å². The molecule has 1 aromatic rings. The van der Waals surface area contributed by atoms with E-state index >= 15 is 0 Å². The van der Waals surface area contributed by atoms with Gasteiger partial charge >= 0.3 is 0 Å². The molecule has 0 aliphatic carbocycles. The Morgan fingerprint density at radius 3 is 1.95 bits per heavy atom. The molecule has 5 heteroatoms. The van der Waals surface area contributed by atoms with Gasteiger partial charge in [0, 0.05) is 36.3 Å². The summed E-state index contributed by atoms with van der Waals surface area (Å²) in [5.74, 6) is 2.21. The van der Waals surface area contributed by atoms with Gasteiger partial charge < -0.3 is 25.3 Å². The van der Waals surface area contributed by atoms with Crippen molar-refractivity contribution in [3.05, 3.63) is 17.7 Å². The van der Waals surface area contributed by atoms with Gasteiger partial charge in [-0.3, -0.25) is 0 Å². The van der Waals surface area contributed by atoms with E-state index in [4.69, 9.17) is 19.9 Å². The Labute approximate surface area is 115 Å². The monoisotopic (exact) mass is 268 g/mol. The molecule has 0 saturated heterocycles. The van der Waals surface area contributed by atoms with Gasteiger partial charge in [-0.1, -0.05) is 13.8 Å². The zero-order chi connectivity index (χ0) is 14.5. The van der Waals surface area contributed by atoms with Crippen LogP contribution >= 0.6 is 0 Å². The van der Waals surface area contributed by atoms with Crippen LogP contribution in [0.3, 0.4) is 0 Å². The molecule has 108 valence electrons. The lowest BCUT2D eigenvalue weighted by Crippen LogP contribution is -2.36. The minimum Gasteiger partial charge on any atom is -0.496 e. The summed E-state index contributed by atoms with van der Waals surface area (Å²) in [7, 11) is 4.91. The third kappa shape index (κ3) is 3.52. The van der Waals surface area contributed by atoms with Crippen LogP contribution in [0.25, 0.3) is 0 Å². The van der Waals surface area contributed by atoms with Gasteiger partial charge in [-0.2, -0.15) is 0 Å². The molecular weight excluding hydrogens is 244 g/mol. The van der Waals surface area contributed by atoms with E-state index in [0.717, 1.165) is 23.6 Å². The minimum absolute atomic E-state index is 0.178. The summed E-state index contributed by atoms with van der Waals surface area (Å²) < 4.78 is 16.2. The lowest BCUT2D eigenvalue weighted by Gasteiger charge is -2.29. The van der Waals surface area contributed by atoms with Crippen LogP contribution in [0.15, 0.2) is 12.1 Å². The van der Waals surface area contributed by atoms with E-state index in [0.29, 0.717) is 12.4 Å². The Hall–Kier alpha value is -1.46. The predicted octanol–water partition coefficient (Wildman–Crippen LogP) is 1.50. The second kappa shape index (κ2) is 6.63. The Morgan fingerprint density at radius 2 is 1.58 bits per heavy atom. The molecule has 0 aliphatic rings. The summed E-state index contributed by atoms with van der Waals surface area (Å²) in [6.45, 7) is 5.39. The molecule has 0 heterocycles. The van der Waals surface area contributed by atoms with E-state index in [1.165, 1.54) is 0 Å². The van der Waals surface area contributed by atoms with Crippen LogP contribution in [-0.2, 0) is 5.41 Å². The molecule has 0 aliphatic heterocycles. The molecule has 0 fully saturated rings. The maximum atomic E-state index is 5.51. The smallest absolute Gasteiger partial charge is 0.130 e. The van der Waals surface area contributed by atoms with Crippen LogP contribution < -0.4 is 25.3 Å². The highest BCUT2D eigenvalue weighted by Crippen LogP contribution is 2.41. The number of nitrogens with one attached hydrogen (secondary N) is 1. The summed E-state index contributed by atoms with van der Waals surface area (Å²) in [6.07, 6.45) is 0. The molecule has 1 rings (SSSR count). The van der Waals surface area contributed by atoms with Gasteiger partial charge in [0.25, 0.3) is 0 Å². The maximum absolute atomic E-state index is 5.51. The predicted molar refractivity (Wildman–Crippen MR) is 76.2 cm³/mol. The highest BCUT2D eigenvalue weighted by molar-refractivity contribution is 5.54. The Morgan fingerprint density at radius 1 is 1.05 bits per heavy atom. The van der Waals surface area contributed by atoms with Gasteiger partial charge in [-0.05, 0) is 0 Å². The van der Waals surface area contributed by atoms with Crippen molar-refractivity contribution >= 4 is 0 Å². The second-order valence-electron chi connectivity index (χ2n) is 4.92. The zero-order valence-electron chi connectivity index (χ0n) is 12.4. The van der Waals surface area contributed by atoms with Gasteiger partial charge in [0.1, 0.15) is 17.2 Å². The van der Waals surface area contributed by atoms with E-state index in [-0.39, 0.29) is 5.41 Å². The zero-order valence-corrected chi connectivity index (χ0v) is 12.4. The quantitative estimate of drug-likeness (QED) is 0.734. The summed E-state index contributed by atoms with van der Waals surface area (Å²) in [4.78, 5) is 0. The van der Waals surface area contributed by atoms with Gasteiger partial charge in [0.05, 0.1) is 21.3 Å². The van der Waals surface area contributed by atoms with Crippen molar-refractivity contribution in [3.63, 3.8) is 0 Å². The van der Waals surface area contributed by atoms with Crippen molar-refractivity contribution in [1.82, 2.24) is 5.32 Å². The topological polar surface area (TPSA) is 65.7 Å². The number of benzene rings is 1. The van der Waals surface area contributed by atoms with Crippen molar-refractivity contribution in [1.29, 1.82) is 0 Å². The van der Waals surface area contributed by atoms with Crippen molar-refractivity contribution in [2.24, 2.45) is 5.73 Å². The fraction of sp³-hybridized carbons (Fsp3) is 0.571. The van der Waals surface area contributed by atoms with Crippen LogP contribution in [0.1, 0.15) is 19.4 Å². The van der Waals surface area contributed by atoms with Crippen LogP contribution in [0.5, 0.6) is 17.2 Å². The third-order valence-electron chi connectivity index (χ3n) is 3.10. The molecule has 0 bridgehead atoms. The molecule has 0 saturated carbocycles. The fourth-order valence-electron chi connectivity index (χ4n) is 2.15. The molecule has 0 radical (unpaired) electrons. The summed E-state index contributed by atoms with van der Waals surface area (Å²) in [6, 6.07) is 3.73. The number of nitrogens with two attached hydrogens (primary N) is 1. The molecule has 0 spiro atoms.